The Morgan fingerprint density at radius 2 is 2.06 bits per heavy atom. The molecular formula is C10H15N3O4S. The summed E-state index contributed by atoms with van der Waals surface area (Å²) in [6.45, 7) is 2.17. The van der Waals surface area contributed by atoms with Crippen molar-refractivity contribution in [1.82, 2.24) is 0 Å². The van der Waals surface area contributed by atoms with Crippen LogP contribution < -0.4 is 15.2 Å². The van der Waals surface area contributed by atoms with Crippen LogP contribution in [0.25, 0.3) is 0 Å². The number of carbonyl (C=O) groups excluding carboxylic acids is 1. The molecule has 0 unspecified atom stereocenters. The molecule has 1 rings (SSSR count). The minimum Gasteiger partial charge on any atom is -0.372 e. The molecule has 0 aliphatic heterocycles. The standard InChI is InChI=1S/C10H15N3O4S/c1-2-17-7-10(14)12-8-4-3-5-9(6-8)13-18(11,15)16/h3-6,13H,2,7H2,1H3,(H,12,14)(H2,11,15,16). The molecule has 0 aliphatic rings. The van der Waals surface area contributed by atoms with Crippen molar-refractivity contribution >= 4 is 27.5 Å². The molecule has 1 amide bonds. The molecule has 0 saturated carbocycles. The molecule has 7 nitrogen and oxygen atoms in total. The van der Waals surface area contributed by atoms with Crippen molar-refractivity contribution in [3.05, 3.63) is 24.3 Å². The maximum absolute atomic E-state index is 11.4. The highest BCUT2D eigenvalue weighted by Gasteiger charge is 2.05. The first kappa shape index (κ1) is 14.4. The summed E-state index contributed by atoms with van der Waals surface area (Å²) in [4.78, 5) is 11.4. The molecule has 0 heterocycles. The lowest BCUT2D eigenvalue weighted by Crippen LogP contribution is -2.22. The molecule has 0 aromatic heterocycles. The zero-order valence-electron chi connectivity index (χ0n) is 9.84. The van der Waals surface area contributed by atoms with Crippen LogP contribution in [0.15, 0.2) is 24.3 Å². The highest BCUT2D eigenvalue weighted by Crippen LogP contribution is 2.15. The van der Waals surface area contributed by atoms with Crippen LogP contribution in [0.5, 0.6) is 0 Å². The summed E-state index contributed by atoms with van der Waals surface area (Å²) in [5, 5.41) is 7.40. The zero-order valence-corrected chi connectivity index (χ0v) is 10.7. The summed E-state index contributed by atoms with van der Waals surface area (Å²) in [5.74, 6) is -0.315. The highest BCUT2D eigenvalue weighted by molar-refractivity contribution is 7.90. The fourth-order valence-corrected chi connectivity index (χ4v) is 1.67. The van der Waals surface area contributed by atoms with Crippen LogP contribution in [0.2, 0.25) is 0 Å². The van der Waals surface area contributed by atoms with Gasteiger partial charge in [-0.3, -0.25) is 9.52 Å². The van der Waals surface area contributed by atoms with Crippen molar-refractivity contribution in [3.63, 3.8) is 0 Å². The lowest BCUT2D eigenvalue weighted by Gasteiger charge is -2.08. The second-order valence-corrected chi connectivity index (χ2v) is 4.71. The van der Waals surface area contributed by atoms with Gasteiger partial charge in [0.05, 0.1) is 5.69 Å². The molecule has 0 fully saturated rings. The number of carbonyl (C=O) groups is 1. The summed E-state index contributed by atoms with van der Waals surface area (Å²) in [6.07, 6.45) is 0. The number of nitrogens with two attached hydrogens (primary N) is 1. The normalized spacial score (nSPS) is 11.0. The number of rotatable bonds is 6. The maximum atomic E-state index is 11.4. The van der Waals surface area contributed by atoms with Gasteiger partial charge in [0.15, 0.2) is 0 Å². The quantitative estimate of drug-likeness (QED) is 0.691. The van der Waals surface area contributed by atoms with Crippen LogP contribution in [0.1, 0.15) is 6.92 Å². The van der Waals surface area contributed by atoms with E-state index in [0.717, 1.165) is 0 Å². The summed E-state index contributed by atoms with van der Waals surface area (Å²) in [7, 11) is -3.82. The first-order chi connectivity index (χ1) is 8.40. The van der Waals surface area contributed by atoms with Crippen molar-refractivity contribution in [1.29, 1.82) is 0 Å². The molecule has 4 N–H and O–H groups in total. The van der Waals surface area contributed by atoms with Gasteiger partial charge in [0, 0.05) is 12.3 Å². The van der Waals surface area contributed by atoms with Crippen LogP contribution in [0.4, 0.5) is 11.4 Å². The van der Waals surface area contributed by atoms with E-state index in [9.17, 15) is 13.2 Å². The smallest absolute Gasteiger partial charge is 0.296 e. The molecule has 0 saturated heterocycles. The Morgan fingerprint density at radius 3 is 2.67 bits per heavy atom. The molecule has 1 aromatic carbocycles. The number of hydrogen-bond acceptors (Lipinski definition) is 4. The van der Waals surface area contributed by atoms with Gasteiger partial charge in [0.1, 0.15) is 6.61 Å². The van der Waals surface area contributed by atoms with Gasteiger partial charge >= 0.3 is 0 Å². The maximum Gasteiger partial charge on any atom is 0.296 e. The van der Waals surface area contributed by atoms with Crippen molar-refractivity contribution in [2.75, 3.05) is 23.3 Å². The summed E-state index contributed by atoms with van der Waals surface area (Å²) >= 11 is 0. The van der Waals surface area contributed by atoms with Gasteiger partial charge in [0.2, 0.25) is 5.91 Å². The third kappa shape index (κ3) is 5.62. The monoisotopic (exact) mass is 273 g/mol. The second-order valence-electron chi connectivity index (χ2n) is 3.41. The third-order valence-corrected chi connectivity index (χ3v) is 2.36. The van der Waals surface area contributed by atoms with Gasteiger partial charge in [-0.1, -0.05) is 6.07 Å². The predicted octanol–water partition coefficient (Wildman–Crippen LogP) is 0.277. The van der Waals surface area contributed by atoms with E-state index in [0.29, 0.717) is 12.3 Å². The van der Waals surface area contributed by atoms with Crippen molar-refractivity contribution in [2.24, 2.45) is 5.14 Å². The Hall–Kier alpha value is -1.64. The van der Waals surface area contributed by atoms with E-state index in [4.69, 9.17) is 9.88 Å². The van der Waals surface area contributed by atoms with E-state index in [-0.39, 0.29) is 18.2 Å². The molecular weight excluding hydrogens is 258 g/mol. The Balaban J connectivity index is 2.68. The van der Waals surface area contributed by atoms with E-state index < -0.39 is 10.2 Å². The fourth-order valence-electron chi connectivity index (χ4n) is 1.22. The SMILES string of the molecule is CCOCC(=O)Nc1cccc(NS(N)(=O)=O)c1. The fraction of sp³-hybridized carbons (Fsp3) is 0.300. The van der Waals surface area contributed by atoms with Gasteiger partial charge in [-0.25, -0.2) is 5.14 Å². The molecule has 8 heteroatoms. The molecule has 0 aliphatic carbocycles. The van der Waals surface area contributed by atoms with Gasteiger partial charge in [-0.15, -0.1) is 0 Å². The Kier molecular flexibility index (Phi) is 5.08. The summed E-state index contributed by atoms with van der Waals surface area (Å²) < 4.78 is 28.7. The van der Waals surface area contributed by atoms with Gasteiger partial charge in [-0.05, 0) is 25.1 Å². The molecule has 0 radical (unpaired) electrons. The highest BCUT2D eigenvalue weighted by atomic mass is 32.2. The number of benzene rings is 1. The molecule has 0 bridgehead atoms. The average Bonchev–Trinajstić information content (AvgIpc) is 2.24. The molecule has 18 heavy (non-hydrogen) atoms. The molecule has 0 atom stereocenters. The summed E-state index contributed by atoms with van der Waals surface area (Å²) in [5.41, 5.74) is 0.722. The minimum atomic E-state index is -3.82. The van der Waals surface area contributed by atoms with Gasteiger partial charge < -0.3 is 10.1 Å². The van der Waals surface area contributed by atoms with Crippen molar-refractivity contribution in [2.45, 2.75) is 6.92 Å². The van der Waals surface area contributed by atoms with Crippen LogP contribution in [-0.2, 0) is 19.7 Å². The number of amides is 1. The summed E-state index contributed by atoms with van der Waals surface area (Å²) in [6, 6.07) is 6.18. The van der Waals surface area contributed by atoms with Crippen molar-refractivity contribution < 1.29 is 17.9 Å². The Bertz CT molecular complexity index is 516. The molecule has 1 aromatic rings. The minimum absolute atomic E-state index is 0.0522. The van der Waals surface area contributed by atoms with E-state index in [1.165, 1.54) is 12.1 Å². The Morgan fingerprint density at radius 1 is 1.39 bits per heavy atom. The van der Waals surface area contributed by atoms with Crippen LogP contribution >= 0.6 is 0 Å². The number of ether oxygens (including phenoxy) is 1. The third-order valence-electron chi connectivity index (χ3n) is 1.84. The van der Waals surface area contributed by atoms with E-state index >= 15 is 0 Å². The topological polar surface area (TPSA) is 111 Å². The number of nitrogens with one attached hydrogen (secondary N) is 2. The largest absolute Gasteiger partial charge is 0.372 e. The number of hydrogen-bond donors (Lipinski definition) is 3. The van der Waals surface area contributed by atoms with Crippen molar-refractivity contribution in [3.8, 4) is 0 Å². The van der Waals surface area contributed by atoms with Gasteiger partial charge in [-0.2, -0.15) is 8.42 Å². The molecule has 0 spiro atoms. The van der Waals surface area contributed by atoms with Crippen LogP contribution in [0.3, 0.4) is 0 Å². The average molecular weight is 273 g/mol. The lowest BCUT2D eigenvalue weighted by molar-refractivity contribution is -0.120. The first-order valence-corrected chi connectivity index (χ1v) is 6.73. The predicted molar refractivity (Wildman–Crippen MR) is 68.3 cm³/mol. The molecule has 100 valence electrons. The second kappa shape index (κ2) is 6.34. The Labute approximate surface area is 106 Å². The van der Waals surface area contributed by atoms with E-state index in [1.807, 2.05) is 0 Å². The van der Waals surface area contributed by atoms with Gasteiger partial charge in [0.25, 0.3) is 10.2 Å². The van der Waals surface area contributed by atoms with E-state index in [1.54, 1.807) is 19.1 Å². The first-order valence-electron chi connectivity index (χ1n) is 5.19. The van der Waals surface area contributed by atoms with E-state index in [2.05, 4.69) is 10.0 Å². The lowest BCUT2D eigenvalue weighted by atomic mass is 10.3. The van der Waals surface area contributed by atoms with Crippen LogP contribution in [-0.4, -0.2) is 27.5 Å². The zero-order chi connectivity index (χ0) is 13.6. The number of anilines is 2. The van der Waals surface area contributed by atoms with Crippen LogP contribution in [0, 0.1) is 0 Å².